The number of hydrogen-bond acceptors (Lipinski definition) is 3. The SMILES string of the molecule is NC1=NC(c2ccccc2F)CCOC1. The third kappa shape index (κ3) is 2.33. The molecular weight excluding hydrogens is 195 g/mol. The van der Waals surface area contributed by atoms with E-state index in [0.29, 0.717) is 31.0 Å². The number of hydrogen-bond donors (Lipinski definition) is 1. The van der Waals surface area contributed by atoms with Crippen LogP contribution in [0.1, 0.15) is 18.0 Å². The van der Waals surface area contributed by atoms with Crippen LogP contribution in [0.3, 0.4) is 0 Å². The van der Waals surface area contributed by atoms with Crippen molar-refractivity contribution < 1.29 is 9.13 Å². The minimum absolute atomic E-state index is 0.214. The first-order valence-corrected chi connectivity index (χ1v) is 4.91. The standard InChI is InChI=1S/C11H13FN2O/c12-9-4-2-1-3-8(9)10-5-6-15-7-11(13)14-10/h1-4,10H,5-7H2,(H2,13,14). The number of nitrogens with two attached hydrogens (primary N) is 1. The van der Waals surface area contributed by atoms with Crippen LogP contribution in [0, 0.1) is 5.82 Å². The molecule has 2 N–H and O–H groups in total. The lowest BCUT2D eigenvalue weighted by molar-refractivity contribution is 0.169. The van der Waals surface area contributed by atoms with Crippen LogP contribution in [-0.4, -0.2) is 19.0 Å². The highest BCUT2D eigenvalue weighted by atomic mass is 19.1. The van der Waals surface area contributed by atoms with Crippen LogP contribution in [-0.2, 0) is 4.74 Å². The summed E-state index contributed by atoms with van der Waals surface area (Å²) in [5, 5.41) is 0. The maximum atomic E-state index is 13.5. The molecule has 0 amide bonds. The number of nitrogens with zero attached hydrogens (tertiary/aromatic N) is 1. The van der Waals surface area contributed by atoms with Gasteiger partial charge in [-0.1, -0.05) is 18.2 Å². The van der Waals surface area contributed by atoms with Gasteiger partial charge in [-0.15, -0.1) is 0 Å². The van der Waals surface area contributed by atoms with Gasteiger partial charge in [-0.2, -0.15) is 0 Å². The molecule has 4 heteroatoms. The summed E-state index contributed by atoms with van der Waals surface area (Å²) >= 11 is 0. The molecule has 0 saturated heterocycles. The Morgan fingerprint density at radius 1 is 1.40 bits per heavy atom. The molecule has 1 aliphatic rings. The summed E-state index contributed by atoms with van der Waals surface area (Å²) in [7, 11) is 0. The van der Waals surface area contributed by atoms with Gasteiger partial charge in [-0.3, -0.25) is 4.99 Å². The van der Waals surface area contributed by atoms with Crippen molar-refractivity contribution in [3.8, 4) is 0 Å². The Morgan fingerprint density at radius 3 is 3.00 bits per heavy atom. The van der Waals surface area contributed by atoms with E-state index >= 15 is 0 Å². The van der Waals surface area contributed by atoms with Crippen molar-refractivity contribution in [2.75, 3.05) is 13.2 Å². The molecule has 0 fully saturated rings. The van der Waals surface area contributed by atoms with Gasteiger partial charge in [-0.25, -0.2) is 4.39 Å². The predicted octanol–water partition coefficient (Wildman–Crippen LogP) is 1.64. The van der Waals surface area contributed by atoms with E-state index in [1.807, 2.05) is 0 Å². The summed E-state index contributed by atoms with van der Waals surface area (Å²) in [5.74, 6) is 0.196. The van der Waals surface area contributed by atoms with Gasteiger partial charge < -0.3 is 10.5 Å². The van der Waals surface area contributed by atoms with Crippen LogP contribution in [0.5, 0.6) is 0 Å². The summed E-state index contributed by atoms with van der Waals surface area (Å²) in [5.41, 5.74) is 6.20. The lowest BCUT2D eigenvalue weighted by Gasteiger charge is -2.11. The molecule has 1 aromatic rings. The molecule has 0 bridgehead atoms. The monoisotopic (exact) mass is 208 g/mol. The van der Waals surface area contributed by atoms with E-state index in [2.05, 4.69) is 4.99 Å². The molecule has 3 nitrogen and oxygen atoms in total. The smallest absolute Gasteiger partial charge is 0.128 e. The van der Waals surface area contributed by atoms with Gasteiger partial charge in [0.25, 0.3) is 0 Å². The Bertz CT molecular complexity index is 379. The topological polar surface area (TPSA) is 47.6 Å². The zero-order chi connectivity index (χ0) is 10.7. The second kappa shape index (κ2) is 4.40. The van der Waals surface area contributed by atoms with Gasteiger partial charge in [0, 0.05) is 12.2 Å². The van der Waals surface area contributed by atoms with Crippen molar-refractivity contribution in [3.63, 3.8) is 0 Å². The average Bonchev–Trinajstić information content (AvgIpc) is 2.43. The van der Waals surface area contributed by atoms with Crippen LogP contribution < -0.4 is 5.73 Å². The highest BCUT2D eigenvalue weighted by molar-refractivity contribution is 5.81. The lowest BCUT2D eigenvalue weighted by Crippen LogP contribution is -2.17. The van der Waals surface area contributed by atoms with Crippen molar-refractivity contribution in [3.05, 3.63) is 35.6 Å². The number of amidine groups is 1. The number of halogens is 1. The zero-order valence-corrected chi connectivity index (χ0v) is 8.32. The summed E-state index contributed by atoms with van der Waals surface area (Å²) in [6, 6.07) is 6.43. The van der Waals surface area contributed by atoms with Gasteiger partial charge in [0.05, 0.1) is 6.04 Å². The second-order valence-electron chi connectivity index (χ2n) is 3.50. The molecule has 1 unspecified atom stereocenters. The van der Waals surface area contributed by atoms with Crippen LogP contribution in [0.25, 0.3) is 0 Å². The van der Waals surface area contributed by atoms with Crippen molar-refractivity contribution in [2.24, 2.45) is 10.7 Å². The predicted molar refractivity (Wildman–Crippen MR) is 56.2 cm³/mol. The van der Waals surface area contributed by atoms with Crippen LogP contribution in [0.4, 0.5) is 4.39 Å². The molecule has 0 aromatic heterocycles. The largest absolute Gasteiger partial charge is 0.386 e. The Labute approximate surface area is 87.8 Å². The molecule has 1 atom stereocenters. The minimum atomic E-state index is -0.235. The summed E-state index contributed by atoms with van der Waals surface area (Å²) in [6.45, 7) is 0.897. The van der Waals surface area contributed by atoms with Crippen molar-refractivity contribution >= 4 is 5.84 Å². The molecule has 15 heavy (non-hydrogen) atoms. The van der Waals surface area contributed by atoms with E-state index in [9.17, 15) is 4.39 Å². The number of benzene rings is 1. The van der Waals surface area contributed by atoms with E-state index in [1.165, 1.54) is 6.07 Å². The molecule has 1 heterocycles. The molecule has 0 radical (unpaired) electrons. The van der Waals surface area contributed by atoms with Gasteiger partial charge in [0.2, 0.25) is 0 Å². The first-order valence-electron chi connectivity index (χ1n) is 4.91. The van der Waals surface area contributed by atoms with Crippen LogP contribution in [0.15, 0.2) is 29.3 Å². The molecule has 2 rings (SSSR count). The van der Waals surface area contributed by atoms with Gasteiger partial charge >= 0.3 is 0 Å². The number of rotatable bonds is 1. The average molecular weight is 208 g/mol. The third-order valence-electron chi connectivity index (χ3n) is 2.37. The first-order chi connectivity index (χ1) is 7.27. The molecule has 80 valence electrons. The number of ether oxygens (including phenoxy) is 1. The van der Waals surface area contributed by atoms with Crippen LogP contribution >= 0.6 is 0 Å². The second-order valence-corrected chi connectivity index (χ2v) is 3.50. The maximum Gasteiger partial charge on any atom is 0.128 e. The van der Waals surface area contributed by atoms with Crippen molar-refractivity contribution in [1.29, 1.82) is 0 Å². The molecule has 0 spiro atoms. The lowest BCUT2D eigenvalue weighted by atomic mass is 10.0. The Hall–Kier alpha value is -1.42. The fourth-order valence-electron chi connectivity index (χ4n) is 1.64. The van der Waals surface area contributed by atoms with Crippen molar-refractivity contribution in [2.45, 2.75) is 12.5 Å². The summed E-state index contributed by atoms with van der Waals surface area (Å²) in [6.07, 6.45) is 0.668. The summed E-state index contributed by atoms with van der Waals surface area (Å²) in [4.78, 5) is 4.24. The minimum Gasteiger partial charge on any atom is -0.386 e. The molecule has 1 aliphatic heterocycles. The fraction of sp³-hybridized carbons (Fsp3) is 0.364. The van der Waals surface area contributed by atoms with E-state index in [0.717, 1.165) is 0 Å². The molecular formula is C11H13FN2O. The Morgan fingerprint density at radius 2 is 2.20 bits per heavy atom. The van der Waals surface area contributed by atoms with E-state index in [1.54, 1.807) is 18.2 Å². The quantitative estimate of drug-likeness (QED) is 0.762. The highest BCUT2D eigenvalue weighted by Gasteiger charge is 2.17. The maximum absolute atomic E-state index is 13.5. The highest BCUT2D eigenvalue weighted by Crippen LogP contribution is 2.25. The summed E-state index contributed by atoms with van der Waals surface area (Å²) < 4.78 is 18.7. The van der Waals surface area contributed by atoms with Crippen LogP contribution in [0.2, 0.25) is 0 Å². The Balaban J connectivity index is 2.29. The van der Waals surface area contributed by atoms with E-state index < -0.39 is 0 Å². The first kappa shape index (κ1) is 10.1. The normalized spacial score (nSPS) is 21.9. The fourth-order valence-corrected chi connectivity index (χ4v) is 1.64. The third-order valence-corrected chi connectivity index (χ3v) is 2.37. The molecule has 0 saturated carbocycles. The number of aliphatic imine (C=N–C) groups is 1. The van der Waals surface area contributed by atoms with Gasteiger partial charge in [-0.05, 0) is 12.5 Å². The van der Waals surface area contributed by atoms with Gasteiger partial charge in [0.15, 0.2) is 0 Å². The van der Waals surface area contributed by atoms with Gasteiger partial charge in [0.1, 0.15) is 18.3 Å². The van der Waals surface area contributed by atoms with Crippen molar-refractivity contribution in [1.82, 2.24) is 0 Å². The molecule has 1 aromatic carbocycles. The molecule has 0 aliphatic carbocycles. The van der Waals surface area contributed by atoms with E-state index in [-0.39, 0.29) is 11.9 Å². The van der Waals surface area contributed by atoms with E-state index in [4.69, 9.17) is 10.5 Å². The Kier molecular flexibility index (Phi) is 2.97. The zero-order valence-electron chi connectivity index (χ0n) is 8.32.